The van der Waals surface area contributed by atoms with Gasteiger partial charge in [0.2, 0.25) is 0 Å². The number of esters is 1. The normalized spacial score (nSPS) is 10.4. The fraction of sp³-hybridized carbons (Fsp3) is 0.174. The van der Waals surface area contributed by atoms with Crippen molar-refractivity contribution in [2.24, 2.45) is 0 Å². The number of hydrogen-bond donors (Lipinski definition) is 0. The molecule has 0 heterocycles. The Kier molecular flexibility index (Phi) is 5.69. The average Bonchev–Trinajstić information content (AvgIpc) is 2.66. The molecule has 0 aliphatic rings. The lowest BCUT2D eigenvalue weighted by Crippen LogP contribution is -2.09. The molecule has 3 aromatic carbocycles. The van der Waals surface area contributed by atoms with Gasteiger partial charge in [0.05, 0.1) is 12.2 Å². The molecule has 0 unspecified atom stereocenters. The first-order valence-corrected chi connectivity index (χ1v) is 8.68. The SMILES string of the molecule is Cc1ccc(C)c(OC(=O)c2ccc(OCCc3ccccc3)cc2)c1. The minimum Gasteiger partial charge on any atom is -0.493 e. The Morgan fingerprint density at radius 1 is 0.885 bits per heavy atom. The van der Waals surface area contributed by atoms with Gasteiger partial charge in [-0.3, -0.25) is 0 Å². The van der Waals surface area contributed by atoms with E-state index in [9.17, 15) is 4.79 Å². The van der Waals surface area contributed by atoms with Gasteiger partial charge >= 0.3 is 5.97 Å². The highest BCUT2D eigenvalue weighted by molar-refractivity contribution is 5.91. The van der Waals surface area contributed by atoms with E-state index in [4.69, 9.17) is 9.47 Å². The summed E-state index contributed by atoms with van der Waals surface area (Å²) in [5.74, 6) is 0.969. The highest BCUT2D eigenvalue weighted by Gasteiger charge is 2.10. The third-order valence-corrected chi connectivity index (χ3v) is 4.14. The van der Waals surface area contributed by atoms with Crippen LogP contribution in [0, 0.1) is 13.8 Å². The van der Waals surface area contributed by atoms with Crippen molar-refractivity contribution in [1.82, 2.24) is 0 Å². The molecule has 3 aromatic rings. The van der Waals surface area contributed by atoms with Crippen LogP contribution < -0.4 is 9.47 Å². The van der Waals surface area contributed by atoms with Crippen molar-refractivity contribution in [3.05, 3.63) is 95.1 Å². The molecule has 0 atom stereocenters. The van der Waals surface area contributed by atoms with Gasteiger partial charge in [0.15, 0.2) is 0 Å². The van der Waals surface area contributed by atoms with Crippen molar-refractivity contribution in [1.29, 1.82) is 0 Å². The highest BCUT2D eigenvalue weighted by Crippen LogP contribution is 2.21. The van der Waals surface area contributed by atoms with Crippen LogP contribution in [0.15, 0.2) is 72.8 Å². The molecule has 0 bridgehead atoms. The summed E-state index contributed by atoms with van der Waals surface area (Å²) in [6.45, 7) is 4.49. The Labute approximate surface area is 154 Å². The van der Waals surface area contributed by atoms with Crippen LogP contribution in [0.3, 0.4) is 0 Å². The fourth-order valence-corrected chi connectivity index (χ4v) is 2.59. The van der Waals surface area contributed by atoms with Crippen molar-refractivity contribution >= 4 is 5.97 Å². The van der Waals surface area contributed by atoms with Crippen LogP contribution in [0.1, 0.15) is 27.0 Å². The molecule has 3 nitrogen and oxygen atoms in total. The van der Waals surface area contributed by atoms with E-state index in [1.165, 1.54) is 5.56 Å². The summed E-state index contributed by atoms with van der Waals surface area (Å²) in [5, 5.41) is 0. The summed E-state index contributed by atoms with van der Waals surface area (Å²) in [6, 6.07) is 23.1. The largest absolute Gasteiger partial charge is 0.493 e. The molecular formula is C23H22O3. The van der Waals surface area contributed by atoms with Gasteiger partial charge in [-0.25, -0.2) is 4.79 Å². The summed E-state index contributed by atoms with van der Waals surface area (Å²) in [7, 11) is 0. The van der Waals surface area contributed by atoms with E-state index in [0.717, 1.165) is 23.3 Å². The van der Waals surface area contributed by atoms with Crippen LogP contribution in [-0.4, -0.2) is 12.6 Å². The second-order valence-electron chi connectivity index (χ2n) is 6.27. The van der Waals surface area contributed by atoms with Crippen molar-refractivity contribution in [3.8, 4) is 11.5 Å². The Bertz CT molecular complexity index is 868. The molecule has 0 saturated carbocycles. The maximum atomic E-state index is 12.3. The predicted octanol–water partition coefficient (Wildman–Crippen LogP) is 5.14. The van der Waals surface area contributed by atoms with Crippen molar-refractivity contribution < 1.29 is 14.3 Å². The summed E-state index contributed by atoms with van der Waals surface area (Å²) in [6.07, 6.45) is 0.845. The molecule has 3 rings (SSSR count). The third-order valence-electron chi connectivity index (χ3n) is 4.14. The quantitative estimate of drug-likeness (QED) is 0.458. The number of ether oxygens (including phenoxy) is 2. The minimum absolute atomic E-state index is 0.366. The highest BCUT2D eigenvalue weighted by atomic mass is 16.5. The molecule has 0 aliphatic carbocycles. The molecule has 0 aliphatic heterocycles. The Hall–Kier alpha value is -3.07. The van der Waals surface area contributed by atoms with Crippen molar-refractivity contribution in [3.63, 3.8) is 0 Å². The summed E-state index contributed by atoms with van der Waals surface area (Å²) >= 11 is 0. The molecule has 0 N–H and O–H groups in total. The standard InChI is InChI=1S/C23H22O3/c1-17-8-9-18(2)22(16-17)26-23(24)20-10-12-21(13-11-20)25-15-14-19-6-4-3-5-7-19/h3-13,16H,14-15H2,1-2H3. The summed E-state index contributed by atoms with van der Waals surface area (Å²) in [5.41, 5.74) is 3.73. The van der Waals surface area contributed by atoms with E-state index < -0.39 is 0 Å². The maximum Gasteiger partial charge on any atom is 0.343 e. The first kappa shape index (κ1) is 17.7. The lowest BCUT2D eigenvalue weighted by Gasteiger charge is -2.09. The molecule has 26 heavy (non-hydrogen) atoms. The second kappa shape index (κ2) is 8.34. The van der Waals surface area contributed by atoms with E-state index in [-0.39, 0.29) is 5.97 Å². The molecule has 0 saturated heterocycles. The molecule has 0 aromatic heterocycles. The molecular weight excluding hydrogens is 324 g/mol. The number of carbonyl (C=O) groups is 1. The fourth-order valence-electron chi connectivity index (χ4n) is 2.59. The Balaban J connectivity index is 1.56. The topological polar surface area (TPSA) is 35.5 Å². The molecule has 132 valence electrons. The lowest BCUT2D eigenvalue weighted by molar-refractivity contribution is 0.0733. The Morgan fingerprint density at radius 3 is 2.35 bits per heavy atom. The van der Waals surface area contributed by atoms with Gasteiger partial charge in [0, 0.05) is 6.42 Å². The zero-order valence-corrected chi connectivity index (χ0v) is 15.1. The summed E-state index contributed by atoms with van der Waals surface area (Å²) in [4.78, 5) is 12.3. The second-order valence-corrected chi connectivity index (χ2v) is 6.27. The molecule has 0 amide bonds. The van der Waals surface area contributed by atoms with E-state index in [2.05, 4.69) is 12.1 Å². The zero-order chi connectivity index (χ0) is 18.4. The molecule has 0 spiro atoms. The predicted molar refractivity (Wildman–Crippen MR) is 103 cm³/mol. The number of rotatable bonds is 6. The number of hydrogen-bond acceptors (Lipinski definition) is 3. The van der Waals surface area contributed by atoms with Gasteiger partial charge in [-0.15, -0.1) is 0 Å². The van der Waals surface area contributed by atoms with Gasteiger partial charge in [-0.05, 0) is 60.9 Å². The molecule has 3 heteroatoms. The first-order valence-electron chi connectivity index (χ1n) is 8.68. The van der Waals surface area contributed by atoms with Crippen LogP contribution in [-0.2, 0) is 6.42 Å². The van der Waals surface area contributed by atoms with Crippen LogP contribution in [0.5, 0.6) is 11.5 Å². The van der Waals surface area contributed by atoms with Gasteiger partial charge in [0.1, 0.15) is 11.5 Å². The van der Waals surface area contributed by atoms with E-state index in [0.29, 0.717) is 17.9 Å². The van der Waals surface area contributed by atoms with Crippen molar-refractivity contribution in [2.75, 3.05) is 6.61 Å². The monoisotopic (exact) mass is 346 g/mol. The number of carbonyl (C=O) groups excluding carboxylic acids is 1. The Morgan fingerprint density at radius 2 is 1.62 bits per heavy atom. The lowest BCUT2D eigenvalue weighted by atomic mass is 10.1. The smallest absolute Gasteiger partial charge is 0.343 e. The number of aryl methyl sites for hydroxylation is 2. The van der Waals surface area contributed by atoms with Crippen molar-refractivity contribution in [2.45, 2.75) is 20.3 Å². The van der Waals surface area contributed by atoms with Gasteiger partial charge < -0.3 is 9.47 Å². The van der Waals surface area contributed by atoms with Gasteiger partial charge in [-0.1, -0.05) is 42.5 Å². The van der Waals surface area contributed by atoms with Gasteiger partial charge in [-0.2, -0.15) is 0 Å². The minimum atomic E-state index is -0.366. The average molecular weight is 346 g/mol. The first-order chi connectivity index (χ1) is 12.6. The molecule has 0 fully saturated rings. The van der Waals surface area contributed by atoms with E-state index >= 15 is 0 Å². The van der Waals surface area contributed by atoms with Crippen LogP contribution in [0.2, 0.25) is 0 Å². The van der Waals surface area contributed by atoms with Gasteiger partial charge in [0.25, 0.3) is 0 Å². The van der Waals surface area contributed by atoms with Crippen LogP contribution in [0.25, 0.3) is 0 Å². The zero-order valence-electron chi connectivity index (χ0n) is 15.1. The number of benzene rings is 3. The van der Waals surface area contributed by atoms with Crippen LogP contribution in [0.4, 0.5) is 0 Å². The third kappa shape index (κ3) is 4.73. The molecule has 0 radical (unpaired) electrons. The van der Waals surface area contributed by atoms with E-state index in [1.807, 2.05) is 50.2 Å². The maximum absolute atomic E-state index is 12.3. The van der Waals surface area contributed by atoms with E-state index in [1.54, 1.807) is 24.3 Å². The summed E-state index contributed by atoms with van der Waals surface area (Å²) < 4.78 is 11.3. The van der Waals surface area contributed by atoms with Crippen LogP contribution >= 0.6 is 0 Å².